The molecule has 1 aliphatic rings. The number of anilines is 1. The second-order valence-electron chi connectivity index (χ2n) is 7.58. The van der Waals surface area contributed by atoms with Gasteiger partial charge < -0.3 is 15.1 Å². The average Bonchev–Trinajstić information content (AvgIpc) is 2.71. The molecular formula is C22H24ClF2N3O2. The number of rotatable bonds is 5. The van der Waals surface area contributed by atoms with Crippen molar-refractivity contribution in [1.29, 1.82) is 0 Å². The third-order valence-electron chi connectivity index (χ3n) is 5.17. The Bertz CT molecular complexity index is 910. The van der Waals surface area contributed by atoms with Crippen molar-refractivity contribution < 1.29 is 18.4 Å². The van der Waals surface area contributed by atoms with E-state index in [1.165, 1.54) is 6.07 Å². The first kappa shape index (κ1) is 22.0. The number of benzene rings is 2. The molecule has 1 heterocycles. The Morgan fingerprint density at radius 3 is 2.17 bits per heavy atom. The van der Waals surface area contributed by atoms with Gasteiger partial charge in [-0.3, -0.25) is 9.59 Å². The van der Waals surface area contributed by atoms with Gasteiger partial charge in [-0.05, 0) is 36.2 Å². The monoisotopic (exact) mass is 435 g/mol. The number of nitrogens with one attached hydrogen (secondary N) is 1. The molecule has 8 heteroatoms. The van der Waals surface area contributed by atoms with Crippen molar-refractivity contribution in [3.8, 4) is 0 Å². The van der Waals surface area contributed by atoms with Gasteiger partial charge in [0.05, 0.1) is 0 Å². The normalized spacial score (nSPS) is 15.3. The van der Waals surface area contributed by atoms with Crippen LogP contribution in [0.15, 0.2) is 42.5 Å². The molecule has 1 aliphatic heterocycles. The fourth-order valence-electron chi connectivity index (χ4n) is 3.50. The van der Waals surface area contributed by atoms with Crippen LogP contribution in [0.5, 0.6) is 0 Å². The highest BCUT2D eigenvalue weighted by atomic mass is 35.5. The van der Waals surface area contributed by atoms with E-state index in [4.69, 9.17) is 11.6 Å². The molecule has 1 N–H and O–H groups in total. The predicted octanol–water partition coefficient (Wildman–Crippen LogP) is 3.72. The van der Waals surface area contributed by atoms with Gasteiger partial charge in [0, 0.05) is 36.9 Å². The number of amides is 2. The molecule has 1 saturated heterocycles. The second-order valence-corrected chi connectivity index (χ2v) is 8.02. The van der Waals surface area contributed by atoms with E-state index in [-0.39, 0.29) is 11.8 Å². The Kier molecular flexibility index (Phi) is 6.92. The van der Waals surface area contributed by atoms with Gasteiger partial charge in [-0.1, -0.05) is 37.6 Å². The molecule has 1 fully saturated rings. The second kappa shape index (κ2) is 9.43. The van der Waals surface area contributed by atoms with E-state index in [0.29, 0.717) is 31.2 Å². The minimum absolute atomic E-state index is 0.248. The van der Waals surface area contributed by atoms with Gasteiger partial charge in [0.1, 0.15) is 23.2 Å². The first-order valence-electron chi connectivity index (χ1n) is 9.82. The molecule has 0 saturated carbocycles. The molecule has 5 nitrogen and oxygen atoms in total. The van der Waals surface area contributed by atoms with Crippen LogP contribution in [-0.2, 0) is 4.79 Å². The molecule has 0 aliphatic carbocycles. The summed E-state index contributed by atoms with van der Waals surface area (Å²) in [6.45, 7) is 5.74. The number of piperazine rings is 1. The molecule has 0 bridgehead atoms. The first-order chi connectivity index (χ1) is 14.3. The number of carbonyl (C=O) groups excluding carboxylic acids is 2. The molecule has 0 unspecified atom stereocenters. The summed E-state index contributed by atoms with van der Waals surface area (Å²) in [5, 5.41) is 3.17. The lowest BCUT2D eigenvalue weighted by Crippen LogP contribution is -2.56. The molecule has 0 aromatic heterocycles. The van der Waals surface area contributed by atoms with Crippen LogP contribution in [0.3, 0.4) is 0 Å². The maximum Gasteiger partial charge on any atom is 0.257 e. The topological polar surface area (TPSA) is 52.7 Å². The highest BCUT2D eigenvalue weighted by Crippen LogP contribution is 2.21. The Morgan fingerprint density at radius 2 is 1.60 bits per heavy atom. The fourth-order valence-corrected chi connectivity index (χ4v) is 3.68. The maximum atomic E-state index is 13.9. The lowest BCUT2D eigenvalue weighted by atomic mass is 10.0. The van der Waals surface area contributed by atoms with E-state index in [1.807, 2.05) is 18.2 Å². The van der Waals surface area contributed by atoms with E-state index in [1.54, 1.807) is 24.8 Å². The largest absolute Gasteiger partial charge is 0.368 e. The summed E-state index contributed by atoms with van der Waals surface area (Å²) in [4.78, 5) is 29.3. The Hall–Kier alpha value is -2.67. The van der Waals surface area contributed by atoms with Gasteiger partial charge >= 0.3 is 0 Å². The molecular weight excluding hydrogens is 412 g/mol. The van der Waals surface area contributed by atoms with Crippen molar-refractivity contribution in [2.45, 2.75) is 19.9 Å². The number of halogens is 3. The molecule has 2 amide bonds. The summed E-state index contributed by atoms with van der Waals surface area (Å²) in [6.07, 6.45) is 0. The Labute approximate surface area is 179 Å². The lowest BCUT2D eigenvalue weighted by molar-refractivity contribution is -0.134. The Balaban J connectivity index is 1.67. The van der Waals surface area contributed by atoms with Crippen LogP contribution in [0.2, 0.25) is 5.02 Å². The standard InChI is InChI=1S/C22H24ClF2N3O2/c1-14(2)20(26-21(29)19-17(24)7-4-8-18(19)25)22(30)28-11-9-27(10-12-28)16-6-3-5-15(23)13-16/h3-8,13-14,20H,9-12H2,1-2H3,(H,26,29)/t20-/m0/s1. The highest BCUT2D eigenvalue weighted by molar-refractivity contribution is 6.30. The SMILES string of the molecule is CC(C)[C@H](NC(=O)c1c(F)cccc1F)C(=O)N1CCN(c2cccc(Cl)c2)CC1. The molecule has 160 valence electrons. The first-order valence-corrected chi connectivity index (χ1v) is 10.2. The number of carbonyl (C=O) groups is 2. The van der Waals surface area contributed by atoms with Gasteiger partial charge in [0.2, 0.25) is 5.91 Å². The van der Waals surface area contributed by atoms with Gasteiger partial charge in [0.15, 0.2) is 0 Å². The smallest absolute Gasteiger partial charge is 0.257 e. The number of nitrogens with zero attached hydrogens (tertiary/aromatic N) is 2. The molecule has 3 rings (SSSR count). The van der Waals surface area contributed by atoms with Crippen LogP contribution < -0.4 is 10.2 Å². The van der Waals surface area contributed by atoms with Crippen molar-refractivity contribution in [3.05, 3.63) is 64.7 Å². The van der Waals surface area contributed by atoms with Crippen molar-refractivity contribution in [1.82, 2.24) is 10.2 Å². The molecule has 0 spiro atoms. The number of hydrogen-bond acceptors (Lipinski definition) is 3. The minimum Gasteiger partial charge on any atom is -0.368 e. The maximum absolute atomic E-state index is 13.9. The van der Waals surface area contributed by atoms with Crippen LogP contribution in [0, 0.1) is 17.6 Å². The quantitative estimate of drug-likeness (QED) is 0.778. The highest BCUT2D eigenvalue weighted by Gasteiger charge is 2.32. The zero-order chi connectivity index (χ0) is 21.8. The zero-order valence-corrected chi connectivity index (χ0v) is 17.6. The Morgan fingerprint density at radius 1 is 1.00 bits per heavy atom. The summed E-state index contributed by atoms with van der Waals surface area (Å²) in [6, 6.07) is 9.85. The van der Waals surface area contributed by atoms with Crippen LogP contribution in [-0.4, -0.2) is 48.9 Å². The molecule has 2 aromatic carbocycles. The molecule has 0 radical (unpaired) electrons. The summed E-state index contributed by atoms with van der Waals surface area (Å²) in [5.41, 5.74) is 0.306. The average molecular weight is 436 g/mol. The van der Waals surface area contributed by atoms with Gasteiger partial charge in [0.25, 0.3) is 5.91 Å². The summed E-state index contributed by atoms with van der Waals surface area (Å²) in [7, 11) is 0. The summed E-state index contributed by atoms with van der Waals surface area (Å²) >= 11 is 6.06. The lowest BCUT2D eigenvalue weighted by Gasteiger charge is -2.38. The van der Waals surface area contributed by atoms with Crippen molar-refractivity contribution in [2.75, 3.05) is 31.1 Å². The third kappa shape index (κ3) is 4.90. The van der Waals surface area contributed by atoms with E-state index >= 15 is 0 Å². The zero-order valence-electron chi connectivity index (χ0n) is 16.9. The van der Waals surface area contributed by atoms with Crippen LogP contribution >= 0.6 is 11.6 Å². The van der Waals surface area contributed by atoms with Crippen molar-refractivity contribution in [2.24, 2.45) is 5.92 Å². The fraction of sp³-hybridized carbons (Fsp3) is 0.364. The van der Waals surface area contributed by atoms with Crippen molar-refractivity contribution >= 4 is 29.1 Å². The van der Waals surface area contributed by atoms with Gasteiger partial charge in [-0.15, -0.1) is 0 Å². The third-order valence-corrected chi connectivity index (χ3v) is 5.41. The van der Waals surface area contributed by atoms with E-state index in [9.17, 15) is 18.4 Å². The van der Waals surface area contributed by atoms with E-state index < -0.39 is 29.1 Å². The molecule has 30 heavy (non-hydrogen) atoms. The summed E-state index contributed by atoms with van der Waals surface area (Å²) in [5.74, 6) is -3.37. The van der Waals surface area contributed by atoms with Gasteiger partial charge in [-0.2, -0.15) is 0 Å². The van der Waals surface area contributed by atoms with E-state index in [0.717, 1.165) is 17.8 Å². The van der Waals surface area contributed by atoms with Crippen LogP contribution in [0.4, 0.5) is 14.5 Å². The van der Waals surface area contributed by atoms with Gasteiger partial charge in [-0.25, -0.2) is 8.78 Å². The molecule has 2 aromatic rings. The summed E-state index contributed by atoms with van der Waals surface area (Å²) < 4.78 is 27.9. The number of hydrogen-bond donors (Lipinski definition) is 1. The predicted molar refractivity (Wildman–Crippen MR) is 113 cm³/mol. The van der Waals surface area contributed by atoms with Crippen LogP contribution in [0.25, 0.3) is 0 Å². The van der Waals surface area contributed by atoms with Crippen molar-refractivity contribution in [3.63, 3.8) is 0 Å². The molecule has 1 atom stereocenters. The van der Waals surface area contributed by atoms with E-state index in [2.05, 4.69) is 10.2 Å². The van der Waals surface area contributed by atoms with Crippen LogP contribution in [0.1, 0.15) is 24.2 Å². The minimum atomic E-state index is -0.961.